The number of hydrogen-bond donors (Lipinski definition) is 1. The lowest BCUT2D eigenvalue weighted by molar-refractivity contribution is -0.170. The molecule has 7 nitrogen and oxygen atoms in total. The summed E-state index contributed by atoms with van der Waals surface area (Å²) >= 11 is 1.85. The Morgan fingerprint density at radius 2 is 1.88 bits per heavy atom. The Morgan fingerprint density at radius 3 is 2.42 bits per heavy atom. The predicted octanol–water partition coefficient (Wildman–Crippen LogP) is 2.67. The van der Waals surface area contributed by atoms with Crippen molar-refractivity contribution in [2.45, 2.75) is 12.8 Å². The van der Waals surface area contributed by atoms with Crippen LogP contribution < -0.4 is 4.74 Å². The molecule has 0 aliphatic heterocycles. The molecule has 1 N–H and O–H groups in total. The summed E-state index contributed by atoms with van der Waals surface area (Å²) in [5, 5.41) is 8.28. The van der Waals surface area contributed by atoms with Gasteiger partial charge in [0.15, 0.2) is 6.61 Å². The zero-order valence-corrected chi connectivity index (χ0v) is 15.7. The van der Waals surface area contributed by atoms with Crippen molar-refractivity contribution in [1.29, 1.82) is 0 Å². The lowest BCUT2D eigenvalue weighted by Crippen LogP contribution is -2.34. The van der Waals surface area contributed by atoms with Crippen molar-refractivity contribution in [3.8, 4) is 5.75 Å². The van der Waals surface area contributed by atoms with Gasteiger partial charge in [-0.1, -0.05) is 6.58 Å². The molecule has 10 heteroatoms. The smallest absolute Gasteiger partial charge is 0.378 e. The first kappa shape index (κ1) is 21.8. The first-order valence-corrected chi connectivity index (χ1v) is 8.16. The van der Waals surface area contributed by atoms with E-state index < -0.39 is 30.4 Å². The zero-order chi connectivity index (χ0) is 19.9. The van der Waals surface area contributed by atoms with Crippen LogP contribution >= 0.6 is 22.6 Å². The molecule has 0 aliphatic rings. The fraction of sp³-hybridized carbons (Fsp3) is 0.312. The van der Waals surface area contributed by atoms with Gasteiger partial charge in [0.2, 0.25) is 0 Å². The summed E-state index contributed by atoms with van der Waals surface area (Å²) in [6, 6.07) is 4.02. The van der Waals surface area contributed by atoms with Crippen LogP contribution in [-0.2, 0) is 19.1 Å². The van der Waals surface area contributed by atoms with Gasteiger partial charge in [0, 0.05) is 5.57 Å². The third-order valence-electron chi connectivity index (χ3n) is 2.79. The van der Waals surface area contributed by atoms with Gasteiger partial charge in [0.25, 0.3) is 0 Å². The molecule has 26 heavy (non-hydrogen) atoms. The molecule has 1 rings (SSSR count). The summed E-state index contributed by atoms with van der Waals surface area (Å²) in [7, 11) is 0. The molecule has 0 fully saturated rings. The van der Waals surface area contributed by atoms with Gasteiger partial charge in [-0.2, -0.15) is 8.78 Å². The van der Waals surface area contributed by atoms with Crippen LogP contribution in [0.4, 0.5) is 8.78 Å². The minimum Gasteiger partial charge on any atom is -0.489 e. The molecule has 1 aromatic rings. The van der Waals surface area contributed by atoms with E-state index in [1.165, 1.54) is 25.1 Å². The van der Waals surface area contributed by atoms with Gasteiger partial charge in [-0.25, -0.2) is 14.4 Å². The van der Waals surface area contributed by atoms with E-state index in [1.807, 2.05) is 22.6 Å². The number of alkyl halides is 2. The highest BCUT2D eigenvalue weighted by Crippen LogP contribution is 2.23. The molecule has 0 amide bonds. The van der Waals surface area contributed by atoms with Crippen LogP contribution in [0, 0.1) is 3.57 Å². The average Bonchev–Trinajstić information content (AvgIpc) is 2.57. The zero-order valence-electron chi connectivity index (χ0n) is 13.6. The molecule has 0 unspecified atom stereocenters. The second-order valence-electron chi connectivity index (χ2n) is 5.00. The number of carboxylic acid groups (broad SMARTS) is 1. The van der Waals surface area contributed by atoms with Gasteiger partial charge in [0.1, 0.15) is 19.0 Å². The first-order chi connectivity index (χ1) is 12.0. The second kappa shape index (κ2) is 9.46. The number of carboxylic acids is 1. The van der Waals surface area contributed by atoms with E-state index in [1.54, 1.807) is 0 Å². The maximum absolute atomic E-state index is 12.9. The normalized spacial score (nSPS) is 10.8. The number of aliphatic carboxylic acids is 1. The minimum atomic E-state index is -4.16. The molecular weight excluding hydrogens is 469 g/mol. The lowest BCUT2D eigenvalue weighted by Gasteiger charge is -2.12. The van der Waals surface area contributed by atoms with Crippen LogP contribution in [0.3, 0.4) is 0 Å². The van der Waals surface area contributed by atoms with Crippen LogP contribution in [-0.4, -0.2) is 48.8 Å². The fourth-order valence-electron chi connectivity index (χ4n) is 1.46. The molecule has 0 atom stereocenters. The monoisotopic (exact) mass is 484 g/mol. The highest BCUT2D eigenvalue weighted by Gasteiger charge is 2.40. The van der Waals surface area contributed by atoms with Crippen molar-refractivity contribution in [2.75, 3.05) is 19.8 Å². The number of benzene rings is 1. The molecule has 0 aliphatic carbocycles. The maximum atomic E-state index is 12.9. The SMILES string of the molecule is C=C(C)C(=O)OCCOc1ccc(C(=O)OCC(F)(F)C(=O)O)cc1I. The summed E-state index contributed by atoms with van der Waals surface area (Å²) in [5.41, 5.74) is 0.215. The molecule has 0 saturated heterocycles. The van der Waals surface area contributed by atoms with Crippen LogP contribution in [0.15, 0.2) is 30.4 Å². The van der Waals surface area contributed by atoms with Crippen molar-refractivity contribution in [3.05, 3.63) is 39.5 Å². The van der Waals surface area contributed by atoms with Gasteiger partial charge < -0.3 is 19.3 Å². The molecule has 0 aromatic heterocycles. The molecule has 1 aromatic carbocycles. The van der Waals surface area contributed by atoms with Gasteiger partial charge in [0.05, 0.1) is 9.13 Å². The van der Waals surface area contributed by atoms with E-state index >= 15 is 0 Å². The maximum Gasteiger partial charge on any atom is 0.378 e. The number of esters is 2. The van der Waals surface area contributed by atoms with E-state index in [4.69, 9.17) is 14.6 Å². The van der Waals surface area contributed by atoms with Crippen LogP contribution in [0.5, 0.6) is 5.75 Å². The van der Waals surface area contributed by atoms with E-state index in [2.05, 4.69) is 11.3 Å². The molecular formula is C16H15F2IO7. The molecule has 0 saturated carbocycles. The Kier molecular flexibility index (Phi) is 7.93. The number of carbonyl (C=O) groups excluding carboxylic acids is 2. The fourth-order valence-corrected chi connectivity index (χ4v) is 2.13. The van der Waals surface area contributed by atoms with Crippen LogP contribution in [0.1, 0.15) is 17.3 Å². The predicted molar refractivity (Wildman–Crippen MR) is 93.3 cm³/mol. The number of ether oxygens (including phenoxy) is 3. The van der Waals surface area contributed by atoms with Crippen molar-refractivity contribution in [2.24, 2.45) is 0 Å². The largest absolute Gasteiger partial charge is 0.489 e. The molecule has 142 valence electrons. The molecule has 0 spiro atoms. The van der Waals surface area contributed by atoms with Crippen LogP contribution in [0.25, 0.3) is 0 Å². The number of carbonyl (C=O) groups is 3. The summed E-state index contributed by atoms with van der Waals surface area (Å²) in [6.07, 6.45) is 0. The van der Waals surface area contributed by atoms with Crippen molar-refractivity contribution >= 4 is 40.5 Å². The summed E-state index contributed by atoms with van der Waals surface area (Å²) in [4.78, 5) is 33.2. The van der Waals surface area contributed by atoms with Gasteiger partial charge >= 0.3 is 23.8 Å². The van der Waals surface area contributed by atoms with Crippen molar-refractivity contribution in [3.63, 3.8) is 0 Å². The standard InChI is InChI=1S/C16H15F2IO7/c1-9(2)13(20)25-6-5-24-12-4-3-10(7-11(12)19)14(21)26-8-16(17,18)15(22)23/h3-4,7H,1,5-6,8H2,2H3,(H,22,23). The summed E-state index contributed by atoms with van der Waals surface area (Å²) in [5.74, 6) is -7.79. The Bertz CT molecular complexity index is 719. The third-order valence-corrected chi connectivity index (χ3v) is 3.63. The first-order valence-electron chi connectivity index (χ1n) is 7.08. The Labute approximate surface area is 161 Å². The molecule has 0 heterocycles. The number of rotatable bonds is 9. The number of halogens is 3. The van der Waals surface area contributed by atoms with Gasteiger partial charge in [-0.05, 0) is 47.7 Å². The quantitative estimate of drug-likeness (QED) is 0.249. The molecule has 0 radical (unpaired) electrons. The summed E-state index contributed by atoms with van der Waals surface area (Å²) in [6.45, 7) is 3.43. The van der Waals surface area contributed by atoms with Crippen molar-refractivity contribution in [1.82, 2.24) is 0 Å². The summed E-state index contributed by atoms with van der Waals surface area (Å²) < 4.78 is 40.8. The number of hydrogen-bond acceptors (Lipinski definition) is 6. The highest BCUT2D eigenvalue weighted by molar-refractivity contribution is 14.1. The van der Waals surface area contributed by atoms with E-state index in [9.17, 15) is 23.2 Å². The van der Waals surface area contributed by atoms with Crippen LogP contribution in [0.2, 0.25) is 0 Å². The van der Waals surface area contributed by atoms with Gasteiger partial charge in [-0.3, -0.25) is 0 Å². The molecule has 0 bridgehead atoms. The van der Waals surface area contributed by atoms with E-state index in [0.29, 0.717) is 9.32 Å². The average molecular weight is 484 g/mol. The topological polar surface area (TPSA) is 99.1 Å². The third kappa shape index (κ3) is 6.58. The van der Waals surface area contributed by atoms with Crippen molar-refractivity contribution < 1.29 is 42.5 Å². The Hall–Kier alpha value is -2.24. The van der Waals surface area contributed by atoms with E-state index in [0.717, 1.165) is 0 Å². The van der Waals surface area contributed by atoms with E-state index in [-0.39, 0.29) is 24.4 Å². The second-order valence-corrected chi connectivity index (χ2v) is 6.16. The Balaban J connectivity index is 2.58. The Morgan fingerprint density at radius 1 is 1.23 bits per heavy atom. The highest BCUT2D eigenvalue weighted by atomic mass is 127. The lowest BCUT2D eigenvalue weighted by atomic mass is 10.2. The van der Waals surface area contributed by atoms with Gasteiger partial charge in [-0.15, -0.1) is 0 Å². The minimum absolute atomic E-state index is 0.00413.